The molecular formula is C33H40N2O5S. The molecule has 0 radical (unpaired) electrons. The zero-order chi connectivity index (χ0) is 29.8. The van der Waals surface area contributed by atoms with Crippen molar-refractivity contribution >= 4 is 21.8 Å². The molecule has 0 unspecified atom stereocenters. The van der Waals surface area contributed by atoms with Gasteiger partial charge in [0.05, 0.1) is 4.90 Å². The summed E-state index contributed by atoms with van der Waals surface area (Å²) in [6.07, 6.45) is 1.74. The molecule has 0 fully saturated rings. The monoisotopic (exact) mass is 576 g/mol. The van der Waals surface area contributed by atoms with Crippen LogP contribution in [0, 0.1) is 6.92 Å². The number of carbonyl (C=O) groups excluding carboxylic acids is 2. The quantitative estimate of drug-likeness (QED) is 0.169. The van der Waals surface area contributed by atoms with Crippen LogP contribution in [-0.2, 0) is 34.3 Å². The largest absolute Gasteiger partial charge is 0.427 e. The maximum Gasteiger partial charge on any atom is 0.308 e. The summed E-state index contributed by atoms with van der Waals surface area (Å²) in [6.45, 7) is 12.0. The van der Waals surface area contributed by atoms with Crippen LogP contribution in [0.15, 0.2) is 71.6 Å². The summed E-state index contributed by atoms with van der Waals surface area (Å²) in [4.78, 5) is 26.9. The third kappa shape index (κ3) is 7.91. The molecule has 0 N–H and O–H groups in total. The minimum atomic E-state index is -3.57. The number of ether oxygens (including phenoxy) is 1. The molecule has 3 aromatic carbocycles. The predicted molar refractivity (Wildman–Crippen MR) is 160 cm³/mol. The van der Waals surface area contributed by atoms with E-state index in [1.54, 1.807) is 24.3 Å². The highest BCUT2D eigenvalue weighted by atomic mass is 32.2. The van der Waals surface area contributed by atoms with E-state index in [0.29, 0.717) is 42.1 Å². The molecule has 0 saturated heterocycles. The van der Waals surface area contributed by atoms with Crippen molar-refractivity contribution in [2.45, 2.75) is 77.4 Å². The molecule has 1 heterocycles. The Labute approximate surface area is 244 Å². The van der Waals surface area contributed by atoms with E-state index in [2.05, 4.69) is 25.7 Å². The lowest BCUT2D eigenvalue weighted by Crippen LogP contribution is -2.41. The number of sulfonamides is 1. The second-order valence-corrected chi connectivity index (χ2v) is 13.7. The van der Waals surface area contributed by atoms with Crippen LogP contribution >= 0.6 is 0 Å². The van der Waals surface area contributed by atoms with Gasteiger partial charge in [0.1, 0.15) is 5.75 Å². The van der Waals surface area contributed by atoms with Crippen LogP contribution in [0.4, 0.5) is 0 Å². The number of Topliss-reactive ketones (excluding diaryl/α,β-unsaturated/α-hetero) is 1. The Morgan fingerprint density at radius 3 is 2.27 bits per heavy atom. The van der Waals surface area contributed by atoms with Crippen molar-refractivity contribution in [3.63, 3.8) is 0 Å². The first-order valence-corrected chi connectivity index (χ1v) is 15.5. The minimum absolute atomic E-state index is 0.0891. The number of carbonyl (C=O) groups is 2. The highest BCUT2D eigenvalue weighted by Crippen LogP contribution is 2.27. The van der Waals surface area contributed by atoms with E-state index in [1.807, 2.05) is 49.4 Å². The van der Waals surface area contributed by atoms with Gasteiger partial charge in [-0.2, -0.15) is 4.31 Å². The highest BCUT2D eigenvalue weighted by Gasteiger charge is 2.29. The van der Waals surface area contributed by atoms with Crippen molar-refractivity contribution in [2.24, 2.45) is 0 Å². The number of esters is 1. The van der Waals surface area contributed by atoms with E-state index in [-0.39, 0.29) is 17.3 Å². The maximum absolute atomic E-state index is 13.1. The molecule has 0 aromatic heterocycles. The van der Waals surface area contributed by atoms with E-state index >= 15 is 0 Å². The first kappa shape index (κ1) is 30.6. The lowest BCUT2D eigenvalue weighted by molar-refractivity contribution is -0.131. The highest BCUT2D eigenvalue weighted by molar-refractivity contribution is 7.89. The maximum atomic E-state index is 13.1. The summed E-state index contributed by atoms with van der Waals surface area (Å²) >= 11 is 0. The summed E-state index contributed by atoms with van der Waals surface area (Å²) in [5, 5.41) is 0. The zero-order valence-corrected chi connectivity index (χ0v) is 25.5. The predicted octanol–water partition coefficient (Wildman–Crippen LogP) is 5.93. The van der Waals surface area contributed by atoms with Crippen molar-refractivity contribution in [3.8, 4) is 5.75 Å². The molecule has 7 nitrogen and oxygen atoms in total. The van der Waals surface area contributed by atoms with Gasteiger partial charge < -0.3 is 4.74 Å². The van der Waals surface area contributed by atoms with Gasteiger partial charge in [0.25, 0.3) is 0 Å². The number of fused-ring (bicyclic) bond motifs is 1. The molecule has 0 amide bonds. The van der Waals surface area contributed by atoms with Gasteiger partial charge in [-0.05, 0) is 94.1 Å². The Morgan fingerprint density at radius 2 is 1.63 bits per heavy atom. The molecule has 218 valence electrons. The fraction of sp³-hybridized carbons (Fsp3) is 0.394. The van der Waals surface area contributed by atoms with Gasteiger partial charge in [-0.15, -0.1) is 0 Å². The van der Waals surface area contributed by atoms with Crippen LogP contribution in [0.2, 0.25) is 0 Å². The van der Waals surface area contributed by atoms with Crippen LogP contribution in [0.1, 0.15) is 73.1 Å². The molecule has 0 bridgehead atoms. The van der Waals surface area contributed by atoms with Crippen molar-refractivity contribution in [1.82, 2.24) is 9.21 Å². The number of benzene rings is 3. The van der Waals surface area contributed by atoms with Gasteiger partial charge >= 0.3 is 5.97 Å². The minimum Gasteiger partial charge on any atom is -0.427 e. The number of hydrogen-bond acceptors (Lipinski definition) is 6. The summed E-state index contributed by atoms with van der Waals surface area (Å²) in [7, 11) is -3.57. The second kappa shape index (κ2) is 12.7. The van der Waals surface area contributed by atoms with Gasteiger partial charge in [-0.25, -0.2) is 8.42 Å². The van der Waals surface area contributed by atoms with Crippen molar-refractivity contribution in [2.75, 3.05) is 13.1 Å². The lowest BCUT2D eigenvalue weighted by Gasteiger charge is -2.36. The average Bonchev–Trinajstić information content (AvgIpc) is 2.92. The smallest absolute Gasteiger partial charge is 0.308 e. The Bertz CT molecular complexity index is 1490. The van der Waals surface area contributed by atoms with E-state index in [4.69, 9.17) is 4.74 Å². The molecule has 0 atom stereocenters. The first-order chi connectivity index (χ1) is 19.3. The number of hydrogen-bond donors (Lipinski definition) is 0. The van der Waals surface area contributed by atoms with Gasteiger partial charge in [0.2, 0.25) is 10.0 Å². The van der Waals surface area contributed by atoms with Crippen LogP contribution < -0.4 is 4.74 Å². The average molecular weight is 577 g/mol. The fourth-order valence-corrected chi connectivity index (χ4v) is 6.46. The normalized spacial score (nSPS) is 14.1. The van der Waals surface area contributed by atoms with Crippen LogP contribution in [0.25, 0.3) is 0 Å². The fourth-order valence-electron chi connectivity index (χ4n) is 5.04. The van der Waals surface area contributed by atoms with Gasteiger partial charge in [0.15, 0.2) is 5.78 Å². The number of aryl methyl sites for hydroxylation is 1. The topological polar surface area (TPSA) is 84.0 Å². The van der Waals surface area contributed by atoms with Crippen molar-refractivity contribution in [1.29, 1.82) is 0 Å². The van der Waals surface area contributed by atoms with E-state index in [1.165, 1.54) is 11.2 Å². The molecule has 8 heteroatoms. The molecule has 0 aliphatic carbocycles. The van der Waals surface area contributed by atoms with Crippen LogP contribution in [0.3, 0.4) is 0 Å². The van der Waals surface area contributed by atoms with Crippen molar-refractivity contribution in [3.05, 3.63) is 94.5 Å². The van der Waals surface area contributed by atoms with Crippen molar-refractivity contribution < 1.29 is 22.7 Å². The van der Waals surface area contributed by atoms with E-state index in [9.17, 15) is 18.0 Å². The molecule has 0 saturated carbocycles. The standard InChI is InChI=1S/C33H40N2O5S/c1-24-8-16-31(17-9-24)41(38,39)35-20-18-27-21-28(12-13-29(27)23-35)32(37)7-6-19-34(33(3,4)5)22-26-10-14-30(15-11-26)40-25(2)36/h8-17,21H,6-7,18-20,22-23H2,1-5H3. The summed E-state index contributed by atoms with van der Waals surface area (Å²) < 4.78 is 32.9. The van der Waals surface area contributed by atoms with E-state index in [0.717, 1.165) is 41.8 Å². The third-order valence-corrected chi connectivity index (χ3v) is 9.36. The van der Waals surface area contributed by atoms with E-state index < -0.39 is 10.0 Å². The first-order valence-electron chi connectivity index (χ1n) is 14.1. The van der Waals surface area contributed by atoms with Gasteiger partial charge in [-0.1, -0.05) is 42.0 Å². The summed E-state index contributed by atoms with van der Waals surface area (Å²) in [6, 6.07) is 20.1. The molecule has 41 heavy (non-hydrogen) atoms. The summed E-state index contributed by atoms with van der Waals surface area (Å²) in [5.74, 6) is 0.285. The molecule has 1 aliphatic heterocycles. The van der Waals surface area contributed by atoms with Gasteiger partial charge in [0, 0.05) is 44.1 Å². The molecule has 0 spiro atoms. The molecule has 1 aliphatic rings. The number of nitrogens with zero attached hydrogens (tertiary/aromatic N) is 2. The Hall–Kier alpha value is -3.33. The van der Waals surface area contributed by atoms with Crippen LogP contribution in [-0.4, -0.2) is 48.0 Å². The Morgan fingerprint density at radius 1 is 0.951 bits per heavy atom. The SMILES string of the molecule is CC(=O)Oc1ccc(CN(CCCC(=O)c2ccc3c(c2)CCN(S(=O)(=O)c2ccc(C)cc2)C3)C(C)(C)C)cc1. The second-order valence-electron chi connectivity index (χ2n) is 11.7. The lowest BCUT2D eigenvalue weighted by atomic mass is 9.95. The zero-order valence-electron chi connectivity index (χ0n) is 24.6. The number of rotatable bonds is 10. The number of ketones is 1. The Balaban J connectivity index is 1.35. The third-order valence-electron chi connectivity index (χ3n) is 7.50. The molecular weight excluding hydrogens is 536 g/mol. The summed E-state index contributed by atoms with van der Waals surface area (Å²) in [5.41, 5.74) is 4.71. The Kier molecular flexibility index (Phi) is 9.47. The molecule has 3 aromatic rings. The van der Waals surface area contributed by atoms with Crippen LogP contribution in [0.5, 0.6) is 5.75 Å². The van der Waals surface area contributed by atoms with Gasteiger partial charge in [-0.3, -0.25) is 14.5 Å². The molecule has 4 rings (SSSR count).